The molecule has 0 spiro atoms. The number of benzene rings is 2. The highest BCUT2D eigenvalue weighted by atomic mass is 79.9. The average molecular weight is 421 g/mol. The molecular weight excluding hydrogens is 408 g/mol. The topological polar surface area (TPSA) is 116 Å². The number of ether oxygens (including phenoxy) is 1. The first kappa shape index (κ1) is 18.2. The molecule has 27 heavy (non-hydrogen) atoms. The van der Waals surface area contributed by atoms with Crippen LogP contribution in [0.4, 0.5) is 5.82 Å². The molecule has 0 aliphatic carbocycles. The van der Waals surface area contributed by atoms with Gasteiger partial charge in [-0.1, -0.05) is 46.3 Å². The molecule has 3 aromatic rings. The fourth-order valence-electron chi connectivity index (χ4n) is 2.67. The summed E-state index contributed by atoms with van der Waals surface area (Å²) < 4.78 is 6.69. The number of H-pyrrole nitrogens is 1. The zero-order chi connectivity index (χ0) is 19.4. The third-order valence-electron chi connectivity index (χ3n) is 3.92. The SMILES string of the molecule is N#Cc1c(N)[nH]c(=O)c(C#N)c1-c1ccc(Br)cc1OCc1ccccc1. The average Bonchev–Trinajstić information content (AvgIpc) is 2.67. The van der Waals surface area contributed by atoms with Crippen LogP contribution in [-0.2, 0) is 6.61 Å². The normalized spacial score (nSPS) is 10.0. The van der Waals surface area contributed by atoms with E-state index in [1.54, 1.807) is 18.2 Å². The van der Waals surface area contributed by atoms with Crippen LogP contribution in [0.15, 0.2) is 57.8 Å². The van der Waals surface area contributed by atoms with Gasteiger partial charge in [0.05, 0.1) is 0 Å². The van der Waals surface area contributed by atoms with Crippen molar-refractivity contribution in [3.8, 4) is 29.0 Å². The largest absolute Gasteiger partial charge is 0.488 e. The van der Waals surface area contributed by atoms with E-state index in [2.05, 4.69) is 20.9 Å². The molecule has 6 nitrogen and oxygen atoms in total. The molecule has 2 aromatic carbocycles. The van der Waals surface area contributed by atoms with Gasteiger partial charge < -0.3 is 15.5 Å². The first-order valence-corrected chi connectivity index (χ1v) is 8.67. The Hall–Kier alpha value is -3.55. The fraction of sp³-hybridized carbons (Fsp3) is 0.0500. The summed E-state index contributed by atoms with van der Waals surface area (Å²) in [6, 6.07) is 18.5. The van der Waals surface area contributed by atoms with Crippen molar-refractivity contribution in [2.45, 2.75) is 6.61 Å². The lowest BCUT2D eigenvalue weighted by molar-refractivity contribution is 0.307. The maximum atomic E-state index is 12.2. The van der Waals surface area contributed by atoms with E-state index >= 15 is 0 Å². The van der Waals surface area contributed by atoms with Crippen molar-refractivity contribution in [2.75, 3.05) is 5.73 Å². The van der Waals surface area contributed by atoms with Crippen molar-refractivity contribution in [1.29, 1.82) is 10.5 Å². The van der Waals surface area contributed by atoms with Crippen LogP contribution in [0.3, 0.4) is 0 Å². The van der Waals surface area contributed by atoms with Gasteiger partial charge in [-0.15, -0.1) is 0 Å². The molecule has 1 aromatic heterocycles. The van der Waals surface area contributed by atoms with E-state index in [4.69, 9.17) is 10.5 Å². The Morgan fingerprint density at radius 1 is 1.07 bits per heavy atom. The van der Waals surface area contributed by atoms with Crippen molar-refractivity contribution in [1.82, 2.24) is 4.98 Å². The maximum absolute atomic E-state index is 12.2. The predicted molar refractivity (Wildman–Crippen MR) is 105 cm³/mol. The fourth-order valence-corrected chi connectivity index (χ4v) is 3.01. The molecule has 132 valence electrons. The smallest absolute Gasteiger partial charge is 0.268 e. The monoisotopic (exact) mass is 420 g/mol. The number of aromatic amines is 1. The number of nitrogens with zero attached hydrogens (tertiary/aromatic N) is 2. The summed E-state index contributed by atoms with van der Waals surface area (Å²) in [5.74, 6) is 0.333. The van der Waals surface area contributed by atoms with E-state index in [0.29, 0.717) is 11.3 Å². The number of nitrogen functional groups attached to an aromatic ring is 1. The molecule has 0 aliphatic rings. The van der Waals surface area contributed by atoms with Crippen LogP contribution in [0.2, 0.25) is 0 Å². The zero-order valence-electron chi connectivity index (χ0n) is 14.0. The zero-order valence-corrected chi connectivity index (χ0v) is 15.6. The van der Waals surface area contributed by atoms with E-state index < -0.39 is 5.56 Å². The van der Waals surface area contributed by atoms with Crippen molar-refractivity contribution in [2.24, 2.45) is 0 Å². The van der Waals surface area contributed by atoms with E-state index in [1.165, 1.54) is 0 Å². The minimum absolute atomic E-state index is 0.0260. The Morgan fingerprint density at radius 3 is 2.44 bits per heavy atom. The molecule has 0 saturated heterocycles. The van der Waals surface area contributed by atoms with E-state index in [9.17, 15) is 15.3 Å². The van der Waals surface area contributed by atoms with Gasteiger partial charge in [-0.25, -0.2) is 0 Å². The molecule has 0 aliphatic heterocycles. The van der Waals surface area contributed by atoms with E-state index in [-0.39, 0.29) is 29.1 Å². The minimum Gasteiger partial charge on any atom is -0.488 e. The lowest BCUT2D eigenvalue weighted by atomic mass is 9.96. The van der Waals surface area contributed by atoms with Crippen LogP contribution >= 0.6 is 15.9 Å². The highest BCUT2D eigenvalue weighted by Gasteiger charge is 2.21. The third kappa shape index (κ3) is 3.69. The molecule has 0 radical (unpaired) electrons. The number of pyridine rings is 1. The molecule has 0 atom stereocenters. The van der Waals surface area contributed by atoms with Crippen molar-refractivity contribution in [3.05, 3.63) is 80.0 Å². The third-order valence-corrected chi connectivity index (χ3v) is 4.41. The van der Waals surface area contributed by atoms with Gasteiger partial charge in [0.2, 0.25) is 0 Å². The van der Waals surface area contributed by atoms with Crippen LogP contribution in [0.25, 0.3) is 11.1 Å². The summed E-state index contributed by atoms with van der Waals surface area (Å²) in [5.41, 5.74) is 6.55. The number of nitriles is 2. The summed E-state index contributed by atoms with van der Waals surface area (Å²) >= 11 is 3.39. The predicted octanol–water partition coefficient (Wildman–Crippen LogP) is 3.71. The minimum atomic E-state index is -0.652. The number of rotatable bonds is 4. The number of hydrogen-bond acceptors (Lipinski definition) is 5. The molecule has 0 bridgehead atoms. The van der Waals surface area contributed by atoms with Crippen molar-refractivity contribution < 1.29 is 4.74 Å². The molecule has 7 heteroatoms. The second kappa shape index (κ2) is 7.77. The lowest BCUT2D eigenvalue weighted by Gasteiger charge is -2.15. The van der Waals surface area contributed by atoms with E-state index in [0.717, 1.165) is 10.0 Å². The first-order valence-electron chi connectivity index (χ1n) is 7.87. The number of nitrogens with two attached hydrogens (primary N) is 1. The summed E-state index contributed by atoms with van der Waals surface area (Å²) in [7, 11) is 0. The van der Waals surface area contributed by atoms with Gasteiger partial charge in [-0.05, 0) is 23.8 Å². The van der Waals surface area contributed by atoms with Crippen LogP contribution in [0.5, 0.6) is 5.75 Å². The first-order chi connectivity index (χ1) is 13.0. The van der Waals surface area contributed by atoms with Gasteiger partial charge >= 0.3 is 0 Å². The summed E-state index contributed by atoms with van der Waals surface area (Å²) in [6.07, 6.45) is 0. The Balaban J connectivity index is 2.18. The van der Waals surface area contributed by atoms with Crippen LogP contribution in [0, 0.1) is 22.7 Å². The lowest BCUT2D eigenvalue weighted by Crippen LogP contribution is -2.16. The van der Waals surface area contributed by atoms with Gasteiger partial charge in [0, 0.05) is 15.6 Å². The number of hydrogen-bond donors (Lipinski definition) is 2. The van der Waals surface area contributed by atoms with Gasteiger partial charge in [0.25, 0.3) is 5.56 Å². The Kier molecular flexibility index (Phi) is 5.25. The Bertz CT molecular complexity index is 1140. The molecule has 1 heterocycles. The van der Waals surface area contributed by atoms with Crippen molar-refractivity contribution >= 4 is 21.7 Å². The second-order valence-electron chi connectivity index (χ2n) is 5.63. The highest BCUT2D eigenvalue weighted by molar-refractivity contribution is 9.10. The molecular formula is C20H13BrN4O2. The second-order valence-corrected chi connectivity index (χ2v) is 6.55. The van der Waals surface area contributed by atoms with E-state index in [1.807, 2.05) is 42.5 Å². The van der Waals surface area contributed by atoms with Crippen molar-refractivity contribution in [3.63, 3.8) is 0 Å². The summed E-state index contributed by atoms with van der Waals surface area (Å²) in [6.45, 7) is 0.284. The Morgan fingerprint density at radius 2 is 1.78 bits per heavy atom. The van der Waals surface area contributed by atoms with Crippen LogP contribution in [0.1, 0.15) is 16.7 Å². The number of anilines is 1. The van der Waals surface area contributed by atoms with Gasteiger partial charge in [-0.3, -0.25) is 4.79 Å². The van der Waals surface area contributed by atoms with Gasteiger partial charge in [-0.2, -0.15) is 10.5 Å². The molecule has 3 N–H and O–H groups in total. The standard InChI is InChI=1S/C20H13BrN4O2/c21-13-6-7-14(17(8-13)27-11-12-4-2-1-3-5-12)18-15(9-22)19(24)25-20(26)16(18)10-23/h1-8H,11H2,(H3,24,25,26). The number of halogens is 1. The molecule has 0 saturated carbocycles. The summed E-state index contributed by atoms with van der Waals surface area (Å²) in [5, 5.41) is 19.0. The molecule has 0 fully saturated rings. The highest BCUT2D eigenvalue weighted by Crippen LogP contribution is 2.37. The van der Waals surface area contributed by atoms with Gasteiger partial charge in [0.15, 0.2) is 0 Å². The summed E-state index contributed by atoms with van der Waals surface area (Å²) in [4.78, 5) is 14.5. The molecule has 0 amide bonds. The molecule has 0 unspecified atom stereocenters. The number of aromatic nitrogens is 1. The molecule has 3 rings (SSSR count). The van der Waals surface area contributed by atoms with Crippen LogP contribution < -0.4 is 16.0 Å². The van der Waals surface area contributed by atoms with Gasteiger partial charge in [0.1, 0.15) is 41.4 Å². The maximum Gasteiger partial charge on any atom is 0.268 e. The Labute approximate surface area is 163 Å². The quantitative estimate of drug-likeness (QED) is 0.666. The number of nitrogens with one attached hydrogen (secondary N) is 1. The van der Waals surface area contributed by atoms with Crippen LogP contribution in [-0.4, -0.2) is 4.98 Å².